The van der Waals surface area contributed by atoms with Crippen LogP contribution in [0.1, 0.15) is 24.2 Å². The minimum Gasteiger partial charge on any atom is -0.496 e. The van der Waals surface area contributed by atoms with Crippen molar-refractivity contribution in [2.45, 2.75) is 13.8 Å². The molecule has 1 unspecified atom stereocenters. The van der Waals surface area contributed by atoms with E-state index in [-0.39, 0.29) is 14.1 Å². The summed E-state index contributed by atoms with van der Waals surface area (Å²) in [6, 6.07) is 10.8. The zero-order valence-electron chi connectivity index (χ0n) is 14.9. The summed E-state index contributed by atoms with van der Waals surface area (Å²) in [4.78, 5) is 12.9. The van der Waals surface area contributed by atoms with Gasteiger partial charge in [-0.25, -0.2) is 0 Å². The first-order valence-corrected chi connectivity index (χ1v) is 9.06. The monoisotopic (exact) mass is 362 g/mol. The first kappa shape index (κ1) is 19.1. The highest BCUT2D eigenvalue weighted by atomic mass is 31.1. The minimum atomic E-state index is -0.118. The van der Waals surface area contributed by atoms with Gasteiger partial charge in [0.05, 0.1) is 27.4 Å². The molecule has 0 radical (unpaired) electrons. The average Bonchev–Trinajstić information content (AvgIpc) is 2.63. The fraction of sp³-hybridized carbons (Fsp3) is 0.316. The maximum absolute atomic E-state index is 12.9. The van der Waals surface area contributed by atoms with Crippen LogP contribution in [0.2, 0.25) is 0 Å². The lowest BCUT2D eigenvalue weighted by Gasteiger charge is -2.14. The van der Waals surface area contributed by atoms with Gasteiger partial charge in [-0.15, -0.1) is 0 Å². The molecule has 0 N–H and O–H groups in total. The number of hydrogen-bond donors (Lipinski definition) is 0. The van der Waals surface area contributed by atoms with Gasteiger partial charge in [0.25, 0.3) is 0 Å². The van der Waals surface area contributed by atoms with E-state index in [9.17, 15) is 4.79 Å². The van der Waals surface area contributed by atoms with Gasteiger partial charge in [0.1, 0.15) is 28.6 Å². The van der Waals surface area contributed by atoms with E-state index in [4.69, 9.17) is 18.9 Å². The summed E-state index contributed by atoms with van der Waals surface area (Å²) in [5, 5.41) is 0.822. The highest BCUT2D eigenvalue weighted by Gasteiger charge is 2.20. The van der Waals surface area contributed by atoms with Crippen molar-refractivity contribution in [2.24, 2.45) is 0 Å². The van der Waals surface area contributed by atoms with Crippen LogP contribution in [0.3, 0.4) is 0 Å². The van der Waals surface area contributed by atoms with Crippen molar-refractivity contribution < 1.29 is 23.7 Å². The van der Waals surface area contributed by atoms with E-state index in [0.29, 0.717) is 36.0 Å². The molecule has 1 atom stereocenters. The number of ether oxygens (including phenoxy) is 4. The smallest absolute Gasteiger partial charge is 0.193 e. The summed E-state index contributed by atoms with van der Waals surface area (Å²) in [5.41, 5.74) is 0.376. The molecule has 0 aliphatic rings. The van der Waals surface area contributed by atoms with Crippen LogP contribution in [-0.2, 0) is 0 Å². The number of benzene rings is 2. The van der Waals surface area contributed by atoms with E-state index in [1.807, 2.05) is 32.0 Å². The van der Waals surface area contributed by atoms with Crippen LogP contribution >= 0.6 is 8.58 Å². The van der Waals surface area contributed by atoms with Gasteiger partial charge < -0.3 is 18.9 Å². The standard InChI is InChI=1S/C19H23O5P/c1-5-23-13-10-11-17(16(12-13)24-6-2)25-19(20)18-14(21-3)8-7-9-15(18)22-4/h7-12,25H,5-6H2,1-4H3. The molecule has 2 aromatic rings. The number of rotatable bonds is 9. The maximum atomic E-state index is 12.9. The predicted octanol–water partition coefficient (Wildman–Crippen LogP) is 3.65. The fourth-order valence-electron chi connectivity index (χ4n) is 2.40. The van der Waals surface area contributed by atoms with E-state index < -0.39 is 0 Å². The van der Waals surface area contributed by atoms with Crippen molar-refractivity contribution in [1.29, 1.82) is 0 Å². The Bertz CT molecular complexity index is 707. The highest BCUT2D eigenvalue weighted by molar-refractivity contribution is 7.66. The van der Waals surface area contributed by atoms with Crippen molar-refractivity contribution in [1.82, 2.24) is 0 Å². The molecule has 0 saturated carbocycles. The molecule has 5 nitrogen and oxygen atoms in total. The van der Waals surface area contributed by atoms with E-state index in [1.165, 1.54) is 14.2 Å². The largest absolute Gasteiger partial charge is 0.496 e. The second kappa shape index (κ2) is 9.28. The van der Waals surface area contributed by atoms with Gasteiger partial charge in [-0.1, -0.05) is 6.07 Å². The van der Waals surface area contributed by atoms with Gasteiger partial charge >= 0.3 is 0 Å². The van der Waals surface area contributed by atoms with Crippen molar-refractivity contribution in [2.75, 3.05) is 27.4 Å². The highest BCUT2D eigenvalue weighted by Crippen LogP contribution is 2.35. The Balaban J connectivity index is 2.35. The zero-order chi connectivity index (χ0) is 18.2. The summed E-state index contributed by atoms with van der Waals surface area (Å²) >= 11 is 0. The van der Waals surface area contributed by atoms with Gasteiger partial charge in [-0.3, -0.25) is 4.79 Å². The molecule has 0 aliphatic carbocycles. The van der Waals surface area contributed by atoms with Gasteiger partial charge in [-0.2, -0.15) is 0 Å². The molecule has 134 valence electrons. The third-order valence-corrected chi connectivity index (χ3v) is 4.63. The molecule has 0 heterocycles. The Kier molecular flexibility index (Phi) is 7.08. The van der Waals surface area contributed by atoms with Crippen molar-refractivity contribution in [3.8, 4) is 23.0 Å². The molecule has 0 amide bonds. The van der Waals surface area contributed by atoms with Crippen LogP contribution < -0.4 is 24.3 Å². The van der Waals surface area contributed by atoms with Crippen LogP contribution in [0.25, 0.3) is 0 Å². The average molecular weight is 362 g/mol. The van der Waals surface area contributed by atoms with E-state index in [2.05, 4.69) is 0 Å². The summed E-state index contributed by atoms with van der Waals surface area (Å²) in [5.74, 6) is 2.39. The Morgan fingerprint density at radius 1 is 0.920 bits per heavy atom. The summed E-state index contributed by atoms with van der Waals surface area (Å²) in [6.07, 6.45) is 0. The summed E-state index contributed by atoms with van der Waals surface area (Å²) in [7, 11) is 2.96. The van der Waals surface area contributed by atoms with Crippen LogP contribution in [0.15, 0.2) is 36.4 Å². The van der Waals surface area contributed by atoms with E-state index in [0.717, 1.165) is 11.1 Å². The van der Waals surface area contributed by atoms with E-state index >= 15 is 0 Å². The SMILES string of the molecule is CCOc1ccc(PC(=O)c2c(OC)cccc2OC)c(OCC)c1. The second-order valence-electron chi connectivity index (χ2n) is 5.02. The quantitative estimate of drug-likeness (QED) is 0.638. The van der Waals surface area contributed by atoms with Gasteiger partial charge in [0.2, 0.25) is 0 Å². The lowest BCUT2D eigenvalue weighted by Crippen LogP contribution is -2.09. The van der Waals surface area contributed by atoms with Crippen LogP contribution in [0, 0.1) is 0 Å². The normalized spacial score (nSPS) is 10.7. The lowest BCUT2D eigenvalue weighted by atomic mass is 10.2. The lowest BCUT2D eigenvalue weighted by molar-refractivity contribution is 0.108. The molecule has 0 spiro atoms. The first-order chi connectivity index (χ1) is 12.1. The van der Waals surface area contributed by atoms with Crippen molar-refractivity contribution >= 4 is 19.4 Å². The molecule has 0 bridgehead atoms. The minimum absolute atomic E-state index is 0.0700. The molecule has 2 aromatic carbocycles. The van der Waals surface area contributed by atoms with Gasteiger partial charge in [0.15, 0.2) is 5.52 Å². The van der Waals surface area contributed by atoms with Gasteiger partial charge in [-0.05, 0) is 46.7 Å². The van der Waals surface area contributed by atoms with Crippen LogP contribution in [-0.4, -0.2) is 33.0 Å². The Morgan fingerprint density at radius 2 is 1.56 bits per heavy atom. The molecule has 0 aliphatic heterocycles. The topological polar surface area (TPSA) is 54.0 Å². The van der Waals surface area contributed by atoms with E-state index in [1.54, 1.807) is 18.2 Å². The second-order valence-corrected chi connectivity index (χ2v) is 6.26. The van der Waals surface area contributed by atoms with Gasteiger partial charge in [0, 0.05) is 11.4 Å². The molecule has 0 fully saturated rings. The van der Waals surface area contributed by atoms with Crippen LogP contribution in [0.5, 0.6) is 23.0 Å². The Hall–Kier alpha value is -2.26. The third kappa shape index (κ3) is 4.64. The molecule has 0 saturated heterocycles. The number of carbonyl (C=O) groups is 1. The fourth-order valence-corrected chi connectivity index (χ4v) is 3.45. The molecular formula is C19H23O5P. The molecule has 0 aromatic heterocycles. The number of carbonyl (C=O) groups excluding carboxylic acids is 1. The maximum Gasteiger partial charge on any atom is 0.193 e. The number of hydrogen-bond acceptors (Lipinski definition) is 5. The molecule has 25 heavy (non-hydrogen) atoms. The third-order valence-electron chi connectivity index (χ3n) is 3.47. The molecule has 2 rings (SSSR count). The van der Waals surface area contributed by atoms with Crippen molar-refractivity contribution in [3.63, 3.8) is 0 Å². The molecular weight excluding hydrogens is 339 g/mol. The predicted molar refractivity (Wildman–Crippen MR) is 101 cm³/mol. The summed E-state index contributed by atoms with van der Waals surface area (Å²) < 4.78 is 21.9. The Morgan fingerprint density at radius 3 is 2.12 bits per heavy atom. The zero-order valence-corrected chi connectivity index (χ0v) is 15.9. The van der Waals surface area contributed by atoms with Crippen LogP contribution in [0.4, 0.5) is 0 Å². The number of methoxy groups -OCH3 is 2. The Labute approximate surface area is 150 Å². The van der Waals surface area contributed by atoms with Crippen molar-refractivity contribution in [3.05, 3.63) is 42.0 Å². The molecule has 6 heteroatoms. The first-order valence-electron chi connectivity index (χ1n) is 8.06. The summed E-state index contributed by atoms with van der Waals surface area (Å²) in [6.45, 7) is 4.92.